The third-order valence-electron chi connectivity index (χ3n) is 18.1. The first-order valence-electron chi connectivity index (χ1n) is 37.6. The van der Waals surface area contributed by atoms with Gasteiger partial charge in [0.05, 0.1) is 85.1 Å². The molecule has 0 amide bonds. The molecule has 0 radical (unpaired) electrons. The van der Waals surface area contributed by atoms with E-state index >= 15 is 0 Å². The van der Waals surface area contributed by atoms with Crippen LogP contribution in [0.5, 0.6) is 17.2 Å². The topological polar surface area (TPSA) is 356 Å². The Labute approximate surface area is 749 Å². The Bertz CT molecular complexity index is 5400. The summed E-state index contributed by atoms with van der Waals surface area (Å²) < 4.78 is 114. The van der Waals surface area contributed by atoms with Gasteiger partial charge in [-0.2, -0.15) is 7.19 Å². The van der Waals surface area contributed by atoms with Gasteiger partial charge in [-0.25, -0.2) is 45.9 Å². The summed E-state index contributed by atoms with van der Waals surface area (Å²) in [4.78, 5) is 79.4. The quantitative estimate of drug-likeness (QED) is 0.00877. The average Bonchev–Trinajstić information content (AvgIpc) is 1.61. The summed E-state index contributed by atoms with van der Waals surface area (Å²) in [5.41, 5.74) is 12.5. The molecule has 14 rings (SSSR count). The van der Waals surface area contributed by atoms with Crippen molar-refractivity contribution in [1.82, 2.24) is 12.2 Å². The number of aromatic amines is 1. The van der Waals surface area contributed by atoms with Crippen molar-refractivity contribution in [3.05, 3.63) is 314 Å². The number of aromatic nitrogens is 3. The summed E-state index contributed by atoms with van der Waals surface area (Å²) >= 11 is 5.91. The monoisotopic (exact) mass is 1990 g/mol. The predicted octanol–water partition coefficient (Wildman–Crippen LogP) is 16.4. The second kappa shape index (κ2) is 53.0. The van der Waals surface area contributed by atoms with Crippen molar-refractivity contribution in [3.63, 3.8) is 0 Å². The van der Waals surface area contributed by atoms with Crippen LogP contribution in [0.2, 0.25) is 5.82 Å². The number of halogens is 8. The predicted molar refractivity (Wildman–Crippen MR) is 472 cm³/mol. The number of aliphatic hydroxyl groups excluding tert-OH is 1. The molecule has 0 atom stereocenters. The maximum atomic E-state index is 13.1. The zero-order valence-corrected chi connectivity index (χ0v) is 73.9. The number of methoxy groups -OCH3 is 4. The molecule has 657 valence electrons. The summed E-state index contributed by atoms with van der Waals surface area (Å²) in [6.45, 7) is 6.87. The van der Waals surface area contributed by atoms with E-state index in [1.807, 2.05) is 43.1 Å². The van der Waals surface area contributed by atoms with Gasteiger partial charge in [-0.15, -0.1) is 0 Å². The van der Waals surface area contributed by atoms with Crippen LogP contribution < -0.4 is 32.0 Å². The molecule has 0 aliphatic heterocycles. The molecule has 24 nitrogen and oxygen atoms in total. The number of hydrogen-bond acceptors (Lipinski definition) is 21. The molecule has 10 aromatic carbocycles. The van der Waals surface area contributed by atoms with Crippen molar-refractivity contribution in [2.75, 3.05) is 41.7 Å². The van der Waals surface area contributed by atoms with Gasteiger partial charge in [0.2, 0.25) is 0 Å². The molecular weight excluding hydrogens is 1910 g/mol. The number of ether oxygens (including phenoxy) is 6. The fourth-order valence-electron chi connectivity index (χ4n) is 11.5. The van der Waals surface area contributed by atoms with E-state index in [0.29, 0.717) is 84.7 Å². The number of phenols is 1. The van der Waals surface area contributed by atoms with E-state index < -0.39 is 58.1 Å². The van der Waals surface area contributed by atoms with Gasteiger partial charge in [0.25, 0.3) is 0 Å². The standard InChI is InChI=1S/C18H19FO2.C18H17FO2.2C16H15FO3.C8H7IO2.C6H6BFO2.C3H7BO2.C3HBr2N3O3.CH4.Mn.2O/c2*1-21-11-15-9-18(13-4-6-16(19)7-5-13)17(12-2-3-12)8-14(15)10-20;2*1-3-20-15-10-12(6-9-14(15)16(18)19-2)11-4-7-13(17)8-5-11;1-5(10)7-3-2-6(9)4-8(7)11;8-6-3-1-5(2-4-6)7(9)10;5-4(6)3-1-2-3;4-7-1(9)6-2(10)8(5)3(7)11;;;;/h4-9,12,20H,2-3,10-11H2,1H3;4-10,12H,2-3,11H2,1H3;2*4-10H,3H2,1-2H3;2-4,11H,1H3;1-4,9-10H;3,5-6H,1-2H2;(H,6,9,10);1H4;;;. The Morgan fingerprint density at radius 3 is 1.20 bits per heavy atom. The van der Waals surface area contributed by atoms with Gasteiger partial charge in [-0.05, 0) is 286 Å². The Kier molecular flexibility index (Phi) is 44.5. The fraction of sp³-hybridized carbons (Fsp3) is 0.247. The summed E-state index contributed by atoms with van der Waals surface area (Å²) in [5, 5.41) is 52.4. The van der Waals surface area contributed by atoms with Crippen LogP contribution in [0.3, 0.4) is 0 Å². The first-order chi connectivity index (χ1) is 58.8. The molecule has 11 aromatic rings. The van der Waals surface area contributed by atoms with E-state index in [9.17, 15) is 65.7 Å². The van der Waals surface area contributed by atoms with Crippen molar-refractivity contribution in [3.8, 4) is 61.8 Å². The van der Waals surface area contributed by atoms with E-state index in [4.69, 9.17) is 56.2 Å². The van der Waals surface area contributed by atoms with Crippen LogP contribution in [0.4, 0.5) is 22.0 Å². The number of phenolic OH excluding ortho intramolecular Hbond substituents is 1. The molecule has 124 heavy (non-hydrogen) atoms. The molecule has 3 aliphatic carbocycles. The van der Waals surface area contributed by atoms with Gasteiger partial charge in [0, 0.05) is 23.4 Å². The van der Waals surface area contributed by atoms with Gasteiger partial charge < -0.3 is 58.7 Å². The number of nitrogens with one attached hydrogen (secondary N) is 1. The van der Waals surface area contributed by atoms with Gasteiger partial charge in [-0.1, -0.05) is 99.1 Å². The minimum absolute atomic E-state index is 0. The number of H-pyrrole nitrogens is 1. The Morgan fingerprint density at radius 2 is 0.879 bits per heavy atom. The number of aldehydes is 1. The minimum atomic E-state index is -1.51. The molecular formula is C89H91B2Br2F5IMnN3O21. The number of nitrogens with zero attached hydrogens (tertiary/aromatic N) is 2. The first-order valence-corrected chi connectivity index (χ1v) is 41.1. The molecule has 0 bridgehead atoms. The van der Waals surface area contributed by atoms with Crippen molar-refractivity contribution in [1.29, 1.82) is 0 Å². The molecule has 1 heterocycles. The third-order valence-corrected chi connectivity index (χ3v) is 20.0. The molecule has 7 N–H and O–H groups in total. The van der Waals surface area contributed by atoms with E-state index in [1.54, 1.807) is 105 Å². The van der Waals surface area contributed by atoms with Crippen LogP contribution >= 0.6 is 54.9 Å². The van der Waals surface area contributed by atoms with Gasteiger partial charge >= 0.3 is 65.7 Å². The van der Waals surface area contributed by atoms with Crippen molar-refractivity contribution in [2.24, 2.45) is 0 Å². The number of esters is 2. The van der Waals surface area contributed by atoms with Gasteiger partial charge in [-0.3, -0.25) is 14.6 Å². The molecule has 35 heteroatoms. The average molecular weight is 2000 g/mol. The van der Waals surface area contributed by atoms with E-state index in [0.717, 1.165) is 96.7 Å². The fourth-order valence-corrected chi connectivity index (χ4v) is 12.7. The number of Topliss-reactive ketones (excluding diaryl/α,β-unsaturated/α-hetero) is 1. The van der Waals surface area contributed by atoms with Crippen molar-refractivity contribution >= 4 is 98.6 Å². The number of carbonyl (C=O) groups excluding carboxylic acids is 4. The van der Waals surface area contributed by atoms with Crippen LogP contribution in [0.1, 0.15) is 148 Å². The normalized spacial score (nSPS) is 11.7. The number of benzene rings is 10. The van der Waals surface area contributed by atoms with Crippen molar-refractivity contribution in [2.45, 2.75) is 104 Å². The first kappa shape index (κ1) is 104. The second-order valence-corrected chi connectivity index (χ2v) is 29.7. The summed E-state index contributed by atoms with van der Waals surface area (Å²) in [7, 11) is 3.36. The Hall–Kier alpha value is -10.4. The van der Waals surface area contributed by atoms with E-state index in [-0.39, 0.29) is 60.5 Å². The summed E-state index contributed by atoms with van der Waals surface area (Å²) in [5.74, 6) is -0.162. The van der Waals surface area contributed by atoms with Gasteiger partial charge in [0.15, 0.2) is 5.78 Å². The maximum absolute atomic E-state index is 13.1. The van der Waals surface area contributed by atoms with Crippen LogP contribution in [-0.4, -0.2) is 122 Å². The molecule has 3 saturated carbocycles. The van der Waals surface area contributed by atoms with E-state index in [1.165, 1.54) is 118 Å². The summed E-state index contributed by atoms with van der Waals surface area (Å²) in [6.07, 6.45) is 7.54. The Balaban J connectivity index is 0.000000256. The number of carbonyl (C=O) groups is 4. The van der Waals surface area contributed by atoms with Crippen LogP contribution in [0.25, 0.3) is 44.5 Å². The molecule has 0 unspecified atom stereocenters. The number of hydrogen-bond donors (Lipinski definition) is 7. The molecule has 3 fully saturated rings. The second-order valence-electron chi connectivity index (χ2n) is 26.9. The van der Waals surface area contributed by atoms with E-state index in [2.05, 4.69) is 67.0 Å². The number of aliphatic hydroxyl groups is 1. The van der Waals surface area contributed by atoms with Crippen LogP contribution in [0, 0.1) is 32.7 Å². The molecule has 0 saturated heterocycles. The molecule has 0 spiro atoms. The SMILES string of the molecule is C.CC(=O)c1ccc(I)cc1O.CCOc1cc(-c2ccc(F)cc2)ccc1C(=O)OC.CCOc1cc(-c2ccc(F)cc2)ccc1C(=O)OC.COCc1cc(-c2ccc(F)cc2)c(C2CC2)cc1C=O.COCc1cc(-c2ccc(F)cc2)c(C2CC2)cc1CO.O=c1[nH]c(=O)n(Br)c(=O)n1Br.OB(O)C1CC1.OB(O)c1ccc(F)cc1.[O]=[Mn]=[O]. The molecule has 3 aliphatic rings. The third kappa shape index (κ3) is 32.9. The Morgan fingerprint density at radius 1 is 0.516 bits per heavy atom. The zero-order valence-electron chi connectivity index (χ0n) is 67.4. The number of rotatable bonds is 21. The number of ketones is 1. The molecule has 1 aromatic heterocycles. The number of aromatic hydroxyl groups is 1. The van der Waals surface area contributed by atoms with Crippen LogP contribution in [0.15, 0.2) is 215 Å². The van der Waals surface area contributed by atoms with Crippen LogP contribution in [-0.2, 0) is 61.3 Å². The zero-order chi connectivity index (χ0) is 90.6. The summed E-state index contributed by atoms with van der Waals surface area (Å²) in [6, 6.07) is 53.9. The van der Waals surface area contributed by atoms with Crippen molar-refractivity contribution < 1.29 is 122 Å². The van der Waals surface area contributed by atoms with Gasteiger partial charge in [0.1, 0.15) is 63.7 Å².